The van der Waals surface area contributed by atoms with Crippen LogP contribution >= 0.6 is 0 Å². The molecule has 0 atom stereocenters. The summed E-state index contributed by atoms with van der Waals surface area (Å²) in [5.41, 5.74) is 0.156. The lowest BCUT2D eigenvalue weighted by Gasteiger charge is -2.42. The quantitative estimate of drug-likeness (QED) is 0.674. The van der Waals surface area contributed by atoms with E-state index in [0.717, 1.165) is 26.2 Å². The van der Waals surface area contributed by atoms with E-state index in [1.165, 1.54) is 29.0 Å². The van der Waals surface area contributed by atoms with E-state index in [2.05, 4.69) is 35.6 Å². The number of nitrogens with zero attached hydrogens (tertiary/aromatic N) is 4. The minimum absolute atomic E-state index is 0.0522. The second-order valence-corrected chi connectivity index (χ2v) is 9.08. The van der Waals surface area contributed by atoms with Gasteiger partial charge in [0.15, 0.2) is 0 Å². The Kier molecular flexibility index (Phi) is 5.83. The fraction of sp³-hybridized carbons (Fsp3) is 0.375. The molecular weight excluding hydrogens is 411 g/mol. The van der Waals surface area contributed by atoms with Crippen molar-refractivity contribution in [3.8, 4) is 5.69 Å². The number of carboxylic acid groups (broad SMARTS) is 1. The Morgan fingerprint density at radius 2 is 1.84 bits per heavy atom. The zero-order valence-corrected chi connectivity index (χ0v) is 18.5. The summed E-state index contributed by atoms with van der Waals surface area (Å²) in [5.74, 6) is -1.93. The van der Waals surface area contributed by atoms with Gasteiger partial charge in [0, 0.05) is 49.8 Å². The van der Waals surface area contributed by atoms with Crippen LogP contribution in [0.2, 0.25) is 0 Å². The molecule has 1 N–H and O–H groups in total. The number of aromatic nitrogens is 2. The lowest BCUT2D eigenvalue weighted by Crippen LogP contribution is -2.53. The average Bonchev–Trinajstić information content (AvgIpc) is 2.74. The predicted octanol–water partition coefficient (Wildman–Crippen LogP) is 3.14. The molecule has 0 spiro atoms. The first-order valence-electron chi connectivity index (χ1n) is 10.7. The van der Waals surface area contributed by atoms with Gasteiger partial charge in [0.1, 0.15) is 5.82 Å². The van der Waals surface area contributed by atoms with Gasteiger partial charge in [-0.05, 0) is 39.0 Å². The minimum Gasteiger partial charge on any atom is -0.478 e. The third-order valence-corrected chi connectivity index (χ3v) is 6.07. The van der Waals surface area contributed by atoms with Gasteiger partial charge in [0.05, 0.1) is 28.5 Å². The summed E-state index contributed by atoms with van der Waals surface area (Å²) in [4.78, 5) is 34.4. The number of halogens is 1. The third-order valence-electron chi connectivity index (χ3n) is 6.07. The number of benzene rings is 1. The summed E-state index contributed by atoms with van der Waals surface area (Å²) >= 11 is 0. The standard InChI is InChI=1S/C24H27FN4O3/c1-24(2,3)28-12-10-27(11-13-28)15-19-21(23(31)32)17-7-4-8-18(25)20(17)22(30)29(19)16-6-5-9-26-14-16/h4-9,14H,10-13,15H2,1-3H3,(H,31,32). The highest BCUT2D eigenvalue weighted by atomic mass is 19.1. The molecule has 0 aliphatic carbocycles. The molecule has 0 unspecified atom stereocenters. The van der Waals surface area contributed by atoms with Crippen molar-refractivity contribution in [2.45, 2.75) is 32.9 Å². The van der Waals surface area contributed by atoms with E-state index in [4.69, 9.17) is 0 Å². The molecule has 168 valence electrons. The number of carboxylic acids is 1. The Labute approximate surface area is 185 Å². The van der Waals surface area contributed by atoms with Crippen LogP contribution in [0.4, 0.5) is 4.39 Å². The predicted molar refractivity (Wildman–Crippen MR) is 121 cm³/mol. The maximum Gasteiger partial charge on any atom is 0.338 e. The van der Waals surface area contributed by atoms with Crippen molar-refractivity contribution in [3.63, 3.8) is 0 Å². The van der Waals surface area contributed by atoms with Gasteiger partial charge in [-0.25, -0.2) is 9.18 Å². The first kappa shape index (κ1) is 22.1. The highest BCUT2D eigenvalue weighted by Gasteiger charge is 2.29. The van der Waals surface area contributed by atoms with E-state index in [9.17, 15) is 19.1 Å². The van der Waals surface area contributed by atoms with E-state index in [0.29, 0.717) is 11.4 Å². The topological polar surface area (TPSA) is 78.7 Å². The molecule has 8 heteroatoms. The summed E-state index contributed by atoms with van der Waals surface area (Å²) < 4.78 is 16.0. The van der Waals surface area contributed by atoms with Crippen molar-refractivity contribution in [1.82, 2.24) is 19.4 Å². The molecule has 0 bridgehead atoms. The van der Waals surface area contributed by atoms with E-state index < -0.39 is 17.3 Å². The molecule has 3 heterocycles. The number of hydrogen-bond donors (Lipinski definition) is 1. The molecule has 0 amide bonds. The largest absolute Gasteiger partial charge is 0.478 e. The Morgan fingerprint density at radius 1 is 1.12 bits per heavy atom. The Hall–Kier alpha value is -3.10. The van der Waals surface area contributed by atoms with Crippen molar-refractivity contribution in [2.24, 2.45) is 0 Å². The lowest BCUT2D eigenvalue weighted by molar-refractivity contribution is 0.0575. The van der Waals surface area contributed by atoms with Gasteiger partial charge in [-0.1, -0.05) is 12.1 Å². The fourth-order valence-corrected chi connectivity index (χ4v) is 4.39. The van der Waals surface area contributed by atoms with Crippen molar-refractivity contribution in [1.29, 1.82) is 0 Å². The summed E-state index contributed by atoms with van der Waals surface area (Å²) in [7, 11) is 0. The van der Waals surface area contributed by atoms with Crippen LogP contribution < -0.4 is 5.56 Å². The van der Waals surface area contributed by atoms with Crippen LogP contribution in [0.25, 0.3) is 16.5 Å². The van der Waals surface area contributed by atoms with Gasteiger partial charge in [-0.15, -0.1) is 0 Å². The second-order valence-electron chi connectivity index (χ2n) is 9.08. The van der Waals surface area contributed by atoms with Gasteiger partial charge in [-0.3, -0.25) is 24.1 Å². The minimum atomic E-state index is -1.19. The fourth-order valence-electron chi connectivity index (χ4n) is 4.39. The third kappa shape index (κ3) is 4.03. The molecule has 1 aromatic carbocycles. The number of hydrogen-bond acceptors (Lipinski definition) is 5. The summed E-state index contributed by atoms with van der Waals surface area (Å²) in [6.45, 7) is 9.92. The SMILES string of the molecule is CC(C)(C)N1CCN(Cc2c(C(=O)O)c3cccc(F)c3c(=O)n2-c2cccnc2)CC1. The lowest BCUT2D eigenvalue weighted by atomic mass is 10.0. The average molecular weight is 439 g/mol. The van der Waals surface area contributed by atoms with Crippen molar-refractivity contribution in [3.05, 3.63) is 70.2 Å². The summed E-state index contributed by atoms with van der Waals surface area (Å²) in [6, 6.07) is 7.45. The molecule has 2 aromatic heterocycles. The monoisotopic (exact) mass is 438 g/mol. The molecule has 1 aliphatic heterocycles. The maximum absolute atomic E-state index is 14.7. The first-order valence-corrected chi connectivity index (χ1v) is 10.7. The van der Waals surface area contributed by atoms with Gasteiger partial charge in [0.25, 0.3) is 5.56 Å². The molecule has 1 saturated heterocycles. The van der Waals surface area contributed by atoms with Crippen molar-refractivity contribution >= 4 is 16.7 Å². The Balaban J connectivity index is 1.88. The van der Waals surface area contributed by atoms with Crippen LogP contribution in [0, 0.1) is 5.82 Å². The number of rotatable bonds is 4. The van der Waals surface area contributed by atoms with Crippen LogP contribution in [0.3, 0.4) is 0 Å². The normalized spacial score (nSPS) is 15.9. The van der Waals surface area contributed by atoms with E-state index in [-0.39, 0.29) is 28.4 Å². The molecular formula is C24H27FN4O3. The van der Waals surface area contributed by atoms with E-state index in [1.54, 1.807) is 18.3 Å². The van der Waals surface area contributed by atoms with Crippen LogP contribution in [0.1, 0.15) is 36.8 Å². The molecule has 32 heavy (non-hydrogen) atoms. The molecule has 3 aromatic rings. The summed E-state index contributed by atoms with van der Waals surface area (Å²) in [6.07, 6.45) is 3.06. The van der Waals surface area contributed by atoms with Gasteiger partial charge >= 0.3 is 5.97 Å². The van der Waals surface area contributed by atoms with Crippen LogP contribution in [0.15, 0.2) is 47.5 Å². The van der Waals surface area contributed by atoms with Gasteiger partial charge in [-0.2, -0.15) is 0 Å². The van der Waals surface area contributed by atoms with Gasteiger partial charge < -0.3 is 5.11 Å². The molecule has 4 rings (SSSR count). The number of fused-ring (bicyclic) bond motifs is 1. The highest BCUT2D eigenvalue weighted by molar-refractivity contribution is 6.04. The van der Waals surface area contributed by atoms with Crippen molar-refractivity contribution in [2.75, 3.05) is 26.2 Å². The van der Waals surface area contributed by atoms with Crippen LogP contribution in [0.5, 0.6) is 0 Å². The maximum atomic E-state index is 14.7. The smallest absolute Gasteiger partial charge is 0.338 e. The molecule has 1 fully saturated rings. The molecule has 0 radical (unpaired) electrons. The van der Waals surface area contributed by atoms with E-state index in [1.807, 2.05) is 0 Å². The Bertz CT molecular complexity index is 1210. The van der Waals surface area contributed by atoms with Crippen LogP contribution in [-0.2, 0) is 6.54 Å². The number of piperazine rings is 1. The number of aromatic carboxylic acids is 1. The van der Waals surface area contributed by atoms with Crippen molar-refractivity contribution < 1.29 is 14.3 Å². The van der Waals surface area contributed by atoms with Crippen LogP contribution in [-0.4, -0.2) is 62.1 Å². The summed E-state index contributed by atoms with van der Waals surface area (Å²) in [5, 5.41) is 10.0. The first-order chi connectivity index (χ1) is 15.2. The Morgan fingerprint density at radius 3 is 2.44 bits per heavy atom. The zero-order chi connectivity index (χ0) is 23.0. The second kappa shape index (κ2) is 8.44. The molecule has 1 aliphatic rings. The number of pyridine rings is 2. The molecule has 0 saturated carbocycles. The molecule has 7 nitrogen and oxygen atoms in total. The zero-order valence-electron chi connectivity index (χ0n) is 18.5. The highest BCUT2D eigenvalue weighted by Crippen LogP contribution is 2.26. The van der Waals surface area contributed by atoms with Gasteiger partial charge in [0.2, 0.25) is 0 Å². The number of carbonyl (C=O) groups is 1. The van der Waals surface area contributed by atoms with E-state index >= 15 is 0 Å².